The average Bonchev–Trinajstić information content (AvgIpc) is 2.18. The largest absolute Gasteiger partial charge is 0.211 e. The van der Waals surface area contributed by atoms with Crippen LogP contribution in [0.15, 0.2) is 21.7 Å². The predicted octanol–water partition coefficient (Wildman–Crippen LogP) is 2.37. The van der Waals surface area contributed by atoms with Crippen molar-refractivity contribution in [3.8, 4) is 0 Å². The molecule has 0 heterocycles. The minimum absolute atomic E-state index is 0.494. The number of hydrogen-bond donors (Lipinski definition) is 1. The van der Waals surface area contributed by atoms with Gasteiger partial charge in [-0.15, -0.1) is 4.68 Å². The molecule has 0 unspecified atom stereocenters. The third-order valence-corrected chi connectivity index (χ3v) is 2.70. The average molecular weight is 220 g/mol. The summed E-state index contributed by atoms with van der Waals surface area (Å²) in [6.45, 7) is 4.06. The van der Waals surface area contributed by atoms with Crippen molar-refractivity contribution in [1.29, 1.82) is 0 Å². The minimum atomic E-state index is 0.494. The van der Waals surface area contributed by atoms with Gasteiger partial charge in [0.25, 0.3) is 0 Å². The lowest BCUT2D eigenvalue weighted by atomic mass is 10.2. The molecule has 4 heteroatoms. The molecule has 0 aromatic rings. The van der Waals surface area contributed by atoms with Gasteiger partial charge in [0.05, 0.1) is 5.57 Å². The lowest BCUT2D eigenvalue weighted by Crippen LogP contribution is -2.20. The molecule has 0 aromatic carbocycles. The van der Waals surface area contributed by atoms with E-state index in [0.717, 1.165) is 29.9 Å². The monoisotopic (exact) mass is 219 g/mol. The maximum Gasteiger partial charge on any atom is 0.198 e. The van der Waals surface area contributed by atoms with Crippen LogP contribution in [-0.2, 0) is 0 Å². The van der Waals surface area contributed by atoms with Gasteiger partial charge in [-0.05, 0) is 19.3 Å². The number of nitrogens with zero attached hydrogens (tertiary/aromatic N) is 1. The smallest absolute Gasteiger partial charge is 0.198 e. The second-order valence-electron chi connectivity index (χ2n) is 3.07. The molecule has 0 fully saturated rings. The number of hydrazine groups is 1. The Labute approximate surface area is 88.3 Å². The maximum atomic E-state index is 6.07. The fourth-order valence-electron chi connectivity index (χ4n) is 1.25. The van der Waals surface area contributed by atoms with E-state index in [2.05, 4.69) is 6.72 Å². The molecule has 0 atom stereocenters. The Bertz CT molecular complexity index is 279. The van der Waals surface area contributed by atoms with Crippen molar-refractivity contribution < 1.29 is 4.68 Å². The summed E-state index contributed by atoms with van der Waals surface area (Å²) in [4.78, 5) is 0. The van der Waals surface area contributed by atoms with Gasteiger partial charge in [-0.3, -0.25) is 0 Å². The highest BCUT2D eigenvalue weighted by Gasteiger charge is 2.15. The zero-order valence-corrected chi connectivity index (χ0v) is 8.91. The first-order valence-corrected chi connectivity index (χ1v) is 4.93. The maximum absolute atomic E-state index is 6.07. The molecule has 0 aromatic heterocycles. The molecule has 0 aliphatic heterocycles. The Kier molecular flexibility index (Phi) is 3.82. The van der Waals surface area contributed by atoms with E-state index >= 15 is 0 Å². The summed E-state index contributed by atoms with van der Waals surface area (Å²) in [6, 6.07) is 0. The highest BCUT2D eigenvalue weighted by Crippen LogP contribution is 2.28. The van der Waals surface area contributed by atoms with Crippen molar-refractivity contribution in [2.45, 2.75) is 19.3 Å². The third-order valence-electron chi connectivity index (χ3n) is 1.90. The first-order valence-electron chi connectivity index (χ1n) is 4.17. The zero-order valence-electron chi connectivity index (χ0n) is 7.39. The molecule has 1 rings (SSSR count). The molecule has 72 valence electrons. The Balaban J connectivity index is 2.89. The van der Waals surface area contributed by atoms with Gasteiger partial charge in [0, 0.05) is 10.1 Å². The lowest BCUT2D eigenvalue weighted by molar-refractivity contribution is -0.522. The first kappa shape index (κ1) is 10.6. The number of nitrogens with two attached hydrogens (primary N) is 1. The summed E-state index contributed by atoms with van der Waals surface area (Å²) >= 11 is 12.1. The van der Waals surface area contributed by atoms with E-state index in [4.69, 9.17) is 29.0 Å². The quantitative estimate of drug-likeness (QED) is 0.329. The van der Waals surface area contributed by atoms with Gasteiger partial charge in [-0.2, -0.15) is 0 Å². The molecular weight excluding hydrogens is 207 g/mol. The molecule has 1 aliphatic rings. The molecule has 0 radical (unpaired) electrons. The Morgan fingerprint density at radius 1 is 1.54 bits per heavy atom. The second kappa shape index (κ2) is 4.68. The molecule has 2 nitrogen and oxygen atoms in total. The summed E-state index contributed by atoms with van der Waals surface area (Å²) < 4.78 is 1.33. The van der Waals surface area contributed by atoms with Gasteiger partial charge in [0.1, 0.15) is 0 Å². The van der Waals surface area contributed by atoms with Crippen LogP contribution < -0.4 is 5.84 Å². The summed E-state index contributed by atoms with van der Waals surface area (Å²) in [6.07, 6.45) is 4.87. The summed E-state index contributed by atoms with van der Waals surface area (Å²) in [7, 11) is 0. The van der Waals surface area contributed by atoms with E-state index in [1.807, 2.05) is 6.08 Å². The first-order chi connectivity index (χ1) is 6.11. The standard InChI is InChI=1S/C9H13Cl2N2/c1-13(12)6-7-8(10)4-2-3-5-9(7)11/h4H,1-3,5-6,12H2/q+1. The minimum Gasteiger partial charge on any atom is -0.211 e. The van der Waals surface area contributed by atoms with Crippen LogP contribution in [0, 0.1) is 0 Å². The number of hydrazone groups is 1. The van der Waals surface area contributed by atoms with E-state index in [1.165, 1.54) is 4.68 Å². The van der Waals surface area contributed by atoms with Gasteiger partial charge < -0.3 is 0 Å². The van der Waals surface area contributed by atoms with Crippen LogP contribution in [0.3, 0.4) is 0 Å². The molecule has 13 heavy (non-hydrogen) atoms. The normalized spacial score (nSPS) is 18.2. The molecule has 0 saturated heterocycles. The summed E-state index contributed by atoms with van der Waals surface area (Å²) in [5.74, 6) is 5.44. The SMILES string of the molecule is C=[N+](N)CC1=C(Cl)CCCC=C1Cl. The van der Waals surface area contributed by atoms with E-state index in [-0.39, 0.29) is 0 Å². The highest BCUT2D eigenvalue weighted by atomic mass is 35.5. The van der Waals surface area contributed by atoms with Crippen molar-refractivity contribution in [3.63, 3.8) is 0 Å². The predicted molar refractivity (Wildman–Crippen MR) is 57.1 cm³/mol. The zero-order chi connectivity index (χ0) is 9.84. The lowest BCUT2D eigenvalue weighted by Gasteiger charge is -2.03. The molecule has 1 aliphatic carbocycles. The van der Waals surface area contributed by atoms with E-state index in [9.17, 15) is 0 Å². The van der Waals surface area contributed by atoms with Crippen molar-refractivity contribution in [2.24, 2.45) is 5.84 Å². The fraction of sp³-hybridized carbons (Fsp3) is 0.444. The van der Waals surface area contributed by atoms with Crippen molar-refractivity contribution in [2.75, 3.05) is 6.54 Å². The summed E-state index contributed by atoms with van der Waals surface area (Å²) in [5.41, 5.74) is 0.901. The van der Waals surface area contributed by atoms with E-state index < -0.39 is 0 Å². The van der Waals surface area contributed by atoms with Crippen molar-refractivity contribution >= 4 is 29.9 Å². The van der Waals surface area contributed by atoms with Crippen LogP contribution >= 0.6 is 23.2 Å². The number of rotatable bonds is 2. The van der Waals surface area contributed by atoms with Crippen LogP contribution in [0.25, 0.3) is 0 Å². The Morgan fingerprint density at radius 3 is 2.85 bits per heavy atom. The second-order valence-corrected chi connectivity index (χ2v) is 3.94. The van der Waals surface area contributed by atoms with Crippen molar-refractivity contribution in [1.82, 2.24) is 0 Å². The van der Waals surface area contributed by atoms with Crippen LogP contribution in [0.1, 0.15) is 19.3 Å². The molecule has 0 bridgehead atoms. The molecule has 2 N–H and O–H groups in total. The van der Waals surface area contributed by atoms with Crippen LogP contribution in [0.5, 0.6) is 0 Å². The van der Waals surface area contributed by atoms with Gasteiger partial charge >= 0.3 is 0 Å². The van der Waals surface area contributed by atoms with Crippen LogP contribution in [-0.4, -0.2) is 17.9 Å². The Morgan fingerprint density at radius 2 is 2.23 bits per heavy atom. The van der Waals surface area contributed by atoms with Gasteiger partial charge in [-0.25, -0.2) is 5.84 Å². The fourth-order valence-corrected chi connectivity index (χ4v) is 1.88. The van der Waals surface area contributed by atoms with Gasteiger partial charge in [0.2, 0.25) is 0 Å². The Hall–Kier alpha value is -0.470. The van der Waals surface area contributed by atoms with Gasteiger partial charge in [0.15, 0.2) is 13.3 Å². The molecule has 0 amide bonds. The molecule has 0 spiro atoms. The summed E-state index contributed by atoms with van der Waals surface area (Å²) in [5, 5.41) is 1.51. The number of allylic oxidation sites excluding steroid dienone is 2. The highest BCUT2D eigenvalue weighted by molar-refractivity contribution is 6.35. The number of halogens is 2. The number of hydrogen-bond acceptors (Lipinski definition) is 1. The van der Waals surface area contributed by atoms with Crippen LogP contribution in [0.2, 0.25) is 0 Å². The third kappa shape index (κ3) is 3.05. The van der Waals surface area contributed by atoms with E-state index in [1.54, 1.807) is 0 Å². The topological polar surface area (TPSA) is 29.0 Å². The van der Waals surface area contributed by atoms with E-state index in [0.29, 0.717) is 11.6 Å². The molecule has 0 saturated carbocycles. The molecular formula is C9H13Cl2N2+. The van der Waals surface area contributed by atoms with Gasteiger partial charge in [-0.1, -0.05) is 29.3 Å². The van der Waals surface area contributed by atoms with Crippen LogP contribution in [0.4, 0.5) is 0 Å². The van der Waals surface area contributed by atoms with Crippen molar-refractivity contribution in [3.05, 3.63) is 21.7 Å².